The Morgan fingerprint density at radius 1 is 0.778 bits per heavy atom. The van der Waals surface area contributed by atoms with Crippen LogP contribution < -0.4 is 0 Å². The van der Waals surface area contributed by atoms with E-state index in [0.717, 1.165) is 11.6 Å². The van der Waals surface area contributed by atoms with Crippen LogP contribution in [0.15, 0.2) is 36.4 Å². The van der Waals surface area contributed by atoms with Gasteiger partial charge in [-0.05, 0) is 62.1 Å². The second-order valence-corrected chi connectivity index (χ2v) is 8.36. The van der Waals surface area contributed by atoms with Crippen LogP contribution in [0, 0.1) is 5.92 Å². The van der Waals surface area contributed by atoms with E-state index in [4.69, 9.17) is 0 Å². The largest absolute Gasteiger partial charge is 0.155 e. The first kappa shape index (κ1) is 20.0. The van der Waals surface area contributed by atoms with E-state index in [1.807, 2.05) is 0 Å². The molecule has 1 aliphatic rings. The summed E-state index contributed by atoms with van der Waals surface area (Å²) in [6, 6.07) is 13.3. The Morgan fingerprint density at radius 2 is 1.56 bits per heavy atom. The summed E-state index contributed by atoms with van der Waals surface area (Å²) in [4.78, 5) is 0. The average Bonchev–Trinajstić information content (AvgIpc) is 2.73. The van der Waals surface area contributed by atoms with E-state index in [2.05, 4.69) is 60.4 Å². The second kappa shape index (κ2) is 10.6. The minimum atomic E-state index is 0.616. The highest BCUT2D eigenvalue weighted by Crippen LogP contribution is 2.36. The third-order valence-corrected chi connectivity index (χ3v) is 6.22. The Hall–Kier alpha value is -1.70. The lowest BCUT2D eigenvalue weighted by Crippen LogP contribution is -2.14. The molecule has 1 aliphatic carbocycles. The van der Waals surface area contributed by atoms with Crippen LogP contribution in [0.5, 0.6) is 0 Å². The zero-order chi connectivity index (χ0) is 18.9. The van der Waals surface area contributed by atoms with Gasteiger partial charge >= 0.3 is 0 Å². The summed E-state index contributed by atoms with van der Waals surface area (Å²) in [6.45, 7) is 4.56. The van der Waals surface area contributed by atoms with Gasteiger partial charge in [-0.2, -0.15) is 10.2 Å². The molecule has 1 fully saturated rings. The zero-order valence-corrected chi connectivity index (χ0v) is 17.3. The predicted octanol–water partition coefficient (Wildman–Crippen LogP) is 7.34. The highest BCUT2D eigenvalue weighted by atomic mass is 15.1. The molecule has 2 heteroatoms. The number of rotatable bonds is 9. The first-order valence-electron chi connectivity index (χ1n) is 11.2. The van der Waals surface area contributed by atoms with Crippen molar-refractivity contribution in [2.45, 2.75) is 90.4 Å². The molecular weight excluding hydrogens is 328 g/mol. The maximum absolute atomic E-state index is 4.59. The quantitative estimate of drug-likeness (QED) is 0.435. The number of unbranched alkanes of at least 4 members (excludes halogenated alkanes) is 3. The smallest absolute Gasteiger partial charge is 0.0929 e. The van der Waals surface area contributed by atoms with Crippen molar-refractivity contribution in [3.05, 3.63) is 47.7 Å². The van der Waals surface area contributed by atoms with Crippen LogP contribution in [0.3, 0.4) is 0 Å². The minimum Gasteiger partial charge on any atom is -0.155 e. The highest BCUT2D eigenvalue weighted by Gasteiger charge is 2.23. The van der Waals surface area contributed by atoms with Gasteiger partial charge in [0.2, 0.25) is 0 Å². The number of hydrogen-bond donors (Lipinski definition) is 0. The molecule has 0 radical (unpaired) electrons. The van der Waals surface area contributed by atoms with Crippen LogP contribution >= 0.6 is 0 Å². The number of hydrogen-bond acceptors (Lipinski definition) is 2. The van der Waals surface area contributed by atoms with Crippen molar-refractivity contribution in [3.63, 3.8) is 0 Å². The monoisotopic (exact) mass is 364 g/mol. The lowest BCUT2D eigenvalue weighted by atomic mass is 9.79. The minimum absolute atomic E-state index is 0.616. The standard InChI is InChI=1S/C25H36N2/c1-3-5-6-7-9-21-12-16-23(17-13-21)25-19-18-24(26-27-25)22-14-10-20(8-4-2)11-15-22/h12-13,16-20,22H,3-11,14-15H2,1-2H3. The topological polar surface area (TPSA) is 25.8 Å². The van der Waals surface area contributed by atoms with Gasteiger partial charge in [0.1, 0.15) is 0 Å². The molecule has 0 spiro atoms. The van der Waals surface area contributed by atoms with Gasteiger partial charge in [-0.25, -0.2) is 0 Å². The van der Waals surface area contributed by atoms with E-state index < -0.39 is 0 Å². The van der Waals surface area contributed by atoms with Gasteiger partial charge in [0, 0.05) is 11.5 Å². The molecule has 1 saturated carbocycles. The summed E-state index contributed by atoms with van der Waals surface area (Å²) in [5.41, 5.74) is 4.80. The molecule has 27 heavy (non-hydrogen) atoms. The van der Waals surface area contributed by atoms with Gasteiger partial charge in [0.05, 0.1) is 11.4 Å². The SMILES string of the molecule is CCCCCCc1ccc(-c2ccc(C3CCC(CCC)CC3)nn2)cc1. The van der Waals surface area contributed by atoms with Crippen LogP contribution in [-0.4, -0.2) is 10.2 Å². The maximum Gasteiger partial charge on any atom is 0.0929 e. The fourth-order valence-corrected chi connectivity index (χ4v) is 4.47. The molecule has 0 unspecified atom stereocenters. The van der Waals surface area contributed by atoms with Gasteiger partial charge < -0.3 is 0 Å². The molecule has 3 rings (SSSR count). The molecule has 0 N–H and O–H groups in total. The molecule has 1 aromatic heterocycles. The van der Waals surface area contributed by atoms with Crippen LogP contribution in [0.1, 0.15) is 95.2 Å². The molecule has 146 valence electrons. The highest BCUT2D eigenvalue weighted by molar-refractivity contribution is 5.58. The van der Waals surface area contributed by atoms with E-state index in [9.17, 15) is 0 Å². The van der Waals surface area contributed by atoms with Crippen LogP contribution in [0.2, 0.25) is 0 Å². The van der Waals surface area contributed by atoms with Crippen molar-refractivity contribution in [1.82, 2.24) is 10.2 Å². The van der Waals surface area contributed by atoms with Crippen molar-refractivity contribution in [2.24, 2.45) is 5.92 Å². The lowest BCUT2D eigenvalue weighted by molar-refractivity contribution is 0.304. The van der Waals surface area contributed by atoms with Crippen molar-refractivity contribution in [1.29, 1.82) is 0 Å². The Bertz CT molecular complexity index is 652. The molecule has 2 aromatic rings. The van der Waals surface area contributed by atoms with Crippen LogP contribution in [-0.2, 0) is 6.42 Å². The summed E-state index contributed by atoms with van der Waals surface area (Å²) in [5.74, 6) is 1.56. The molecule has 0 atom stereocenters. The van der Waals surface area contributed by atoms with E-state index in [-0.39, 0.29) is 0 Å². The van der Waals surface area contributed by atoms with Crippen LogP contribution in [0.4, 0.5) is 0 Å². The number of benzene rings is 1. The predicted molar refractivity (Wildman–Crippen MR) is 115 cm³/mol. The van der Waals surface area contributed by atoms with Gasteiger partial charge in [0.15, 0.2) is 0 Å². The number of aromatic nitrogens is 2. The summed E-state index contributed by atoms with van der Waals surface area (Å²) < 4.78 is 0. The summed E-state index contributed by atoms with van der Waals surface area (Å²) >= 11 is 0. The molecule has 2 nitrogen and oxygen atoms in total. The lowest BCUT2D eigenvalue weighted by Gasteiger charge is -2.27. The normalized spacial score (nSPS) is 19.9. The van der Waals surface area contributed by atoms with Crippen molar-refractivity contribution >= 4 is 0 Å². The fourth-order valence-electron chi connectivity index (χ4n) is 4.47. The molecule has 0 saturated heterocycles. The van der Waals surface area contributed by atoms with E-state index in [1.165, 1.54) is 87.4 Å². The van der Waals surface area contributed by atoms with E-state index in [1.54, 1.807) is 0 Å². The summed E-state index contributed by atoms with van der Waals surface area (Å²) in [7, 11) is 0. The molecular formula is C25H36N2. The number of nitrogens with zero attached hydrogens (tertiary/aromatic N) is 2. The van der Waals surface area contributed by atoms with Crippen molar-refractivity contribution in [3.8, 4) is 11.3 Å². The van der Waals surface area contributed by atoms with Gasteiger partial charge in [-0.15, -0.1) is 0 Å². The first-order valence-corrected chi connectivity index (χ1v) is 11.2. The molecule has 1 aromatic carbocycles. The Labute approximate surface area is 165 Å². The first-order chi connectivity index (χ1) is 13.3. The molecule has 1 heterocycles. The van der Waals surface area contributed by atoms with Gasteiger partial charge in [-0.1, -0.05) is 70.2 Å². The second-order valence-electron chi connectivity index (χ2n) is 8.36. The van der Waals surface area contributed by atoms with E-state index in [0.29, 0.717) is 5.92 Å². The number of aryl methyl sites for hydroxylation is 1. The van der Waals surface area contributed by atoms with Gasteiger partial charge in [0.25, 0.3) is 0 Å². The Morgan fingerprint density at radius 3 is 2.19 bits per heavy atom. The third kappa shape index (κ3) is 5.89. The summed E-state index contributed by atoms with van der Waals surface area (Å²) in [6.07, 6.45) is 14.5. The molecule has 0 amide bonds. The van der Waals surface area contributed by atoms with Crippen LogP contribution in [0.25, 0.3) is 11.3 Å². The molecule has 0 aliphatic heterocycles. The fraction of sp³-hybridized carbons (Fsp3) is 0.600. The zero-order valence-electron chi connectivity index (χ0n) is 17.3. The van der Waals surface area contributed by atoms with Crippen molar-refractivity contribution < 1.29 is 0 Å². The van der Waals surface area contributed by atoms with E-state index >= 15 is 0 Å². The maximum atomic E-state index is 4.59. The van der Waals surface area contributed by atoms with Crippen molar-refractivity contribution in [2.75, 3.05) is 0 Å². The third-order valence-electron chi connectivity index (χ3n) is 6.22. The Kier molecular flexibility index (Phi) is 7.86. The average molecular weight is 365 g/mol. The Balaban J connectivity index is 1.54. The van der Waals surface area contributed by atoms with Gasteiger partial charge in [-0.3, -0.25) is 0 Å². The summed E-state index contributed by atoms with van der Waals surface area (Å²) in [5, 5.41) is 9.14. The molecule has 0 bridgehead atoms.